The number of nitrogens with zero attached hydrogens (tertiary/aromatic N) is 1. The maximum atomic E-state index is 11.9. The normalized spacial score (nSPS) is 11.4. The highest BCUT2D eigenvalue weighted by Gasteiger charge is 2.12. The Balaban J connectivity index is 1.98. The number of hydrogen-bond donors (Lipinski definition) is 2. The molecule has 1 heterocycles. The van der Waals surface area contributed by atoms with Crippen LogP contribution in [-0.2, 0) is 22.3 Å². The van der Waals surface area contributed by atoms with Crippen molar-refractivity contribution in [1.29, 1.82) is 0 Å². The Bertz CT molecular complexity index is 679. The van der Waals surface area contributed by atoms with Gasteiger partial charge >= 0.3 is 0 Å². The molecular weight excluding hydrogens is 298 g/mol. The van der Waals surface area contributed by atoms with Crippen LogP contribution in [0.4, 0.5) is 0 Å². The van der Waals surface area contributed by atoms with Gasteiger partial charge in [0.05, 0.1) is 18.0 Å². The predicted octanol–water partition coefficient (Wildman–Crippen LogP) is 0.928. The molecule has 0 spiro atoms. The summed E-state index contributed by atoms with van der Waals surface area (Å²) in [5, 5.41) is 3.63. The average Bonchev–Trinajstić information content (AvgIpc) is 2.90. The van der Waals surface area contributed by atoms with Crippen molar-refractivity contribution in [2.24, 2.45) is 5.73 Å². The summed E-state index contributed by atoms with van der Waals surface area (Å²) in [6.45, 7) is 0.101. The number of rotatable bonds is 6. The zero-order valence-corrected chi connectivity index (χ0v) is 12.1. The van der Waals surface area contributed by atoms with Crippen molar-refractivity contribution in [3.63, 3.8) is 0 Å². The number of aromatic nitrogens is 1. The van der Waals surface area contributed by atoms with E-state index >= 15 is 0 Å². The number of hydrogen-bond acceptors (Lipinski definition) is 5. The Hall–Kier alpha value is -1.77. The third-order valence-electron chi connectivity index (χ3n) is 2.56. The average molecular weight is 311 g/mol. The molecule has 0 amide bonds. The van der Waals surface area contributed by atoms with E-state index in [9.17, 15) is 8.42 Å². The van der Waals surface area contributed by atoms with Crippen molar-refractivity contribution in [1.82, 2.24) is 9.88 Å². The summed E-state index contributed by atoms with van der Waals surface area (Å²) in [7, 11) is -3.44. The fourth-order valence-corrected chi connectivity index (χ4v) is 2.79. The Morgan fingerprint density at radius 3 is 2.55 bits per heavy atom. The van der Waals surface area contributed by atoms with Crippen LogP contribution in [-0.4, -0.2) is 18.6 Å². The molecular formula is C12H13N3O3S2. The van der Waals surface area contributed by atoms with Crippen LogP contribution in [0.2, 0.25) is 0 Å². The third kappa shape index (κ3) is 4.12. The molecule has 8 heteroatoms. The number of nitrogens with two attached hydrogens (primary N) is 1. The van der Waals surface area contributed by atoms with Crippen LogP contribution in [0.1, 0.15) is 16.8 Å². The molecule has 2 rings (SSSR count). The maximum absolute atomic E-state index is 11.9. The summed E-state index contributed by atoms with van der Waals surface area (Å²) in [5.41, 5.74) is 7.36. The standard InChI is InChI=1S/C12H13N3O3S2/c13-12(19)10-3-1-9(2-4-10)8-20(16,17)14-7-11-5-6-18-15-11/h1-6,14H,7-8H2,(H2,13,19). The Labute approximate surface area is 122 Å². The molecule has 0 atom stereocenters. The van der Waals surface area contributed by atoms with Gasteiger partial charge in [-0.1, -0.05) is 41.6 Å². The van der Waals surface area contributed by atoms with Crippen LogP contribution in [0, 0.1) is 0 Å². The molecule has 6 nitrogen and oxygen atoms in total. The summed E-state index contributed by atoms with van der Waals surface area (Å²) in [4.78, 5) is 0.281. The zero-order valence-electron chi connectivity index (χ0n) is 10.4. The van der Waals surface area contributed by atoms with Crippen LogP contribution >= 0.6 is 12.2 Å². The van der Waals surface area contributed by atoms with Crippen LogP contribution in [0.5, 0.6) is 0 Å². The van der Waals surface area contributed by atoms with E-state index in [0.717, 1.165) is 0 Å². The van der Waals surface area contributed by atoms with Crippen molar-refractivity contribution in [3.8, 4) is 0 Å². The van der Waals surface area contributed by atoms with E-state index in [1.165, 1.54) is 6.26 Å². The first-order valence-electron chi connectivity index (χ1n) is 5.71. The van der Waals surface area contributed by atoms with Gasteiger partial charge in [0, 0.05) is 11.6 Å². The zero-order chi connectivity index (χ0) is 14.6. The Morgan fingerprint density at radius 1 is 1.30 bits per heavy atom. The predicted molar refractivity (Wildman–Crippen MR) is 78.3 cm³/mol. The minimum Gasteiger partial charge on any atom is -0.389 e. The molecule has 0 fully saturated rings. The highest BCUT2D eigenvalue weighted by molar-refractivity contribution is 7.88. The van der Waals surface area contributed by atoms with E-state index in [-0.39, 0.29) is 17.3 Å². The fourth-order valence-electron chi connectivity index (χ4n) is 1.55. The van der Waals surface area contributed by atoms with Crippen molar-refractivity contribution in [2.45, 2.75) is 12.3 Å². The lowest BCUT2D eigenvalue weighted by molar-refractivity contribution is 0.411. The van der Waals surface area contributed by atoms with E-state index in [2.05, 4.69) is 14.4 Å². The second-order valence-corrected chi connectivity index (χ2v) is 6.38. The molecule has 0 radical (unpaired) electrons. The topological polar surface area (TPSA) is 98.2 Å². The first kappa shape index (κ1) is 14.6. The highest BCUT2D eigenvalue weighted by atomic mass is 32.2. The van der Waals surface area contributed by atoms with Gasteiger partial charge < -0.3 is 10.3 Å². The van der Waals surface area contributed by atoms with Crippen molar-refractivity contribution in [3.05, 3.63) is 53.4 Å². The molecule has 0 aliphatic carbocycles. The lowest BCUT2D eigenvalue weighted by atomic mass is 10.1. The molecule has 1 aromatic heterocycles. The van der Waals surface area contributed by atoms with Gasteiger partial charge in [-0.3, -0.25) is 0 Å². The smallest absolute Gasteiger partial charge is 0.216 e. The molecule has 0 aliphatic rings. The fraction of sp³-hybridized carbons (Fsp3) is 0.167. The number of thiocarbonyl (C=S) groups is 1. The van der Waals surface area contributed by atoms with Gasteiger partial charge in [-0.15, -0.1) is 0 Å². The Kier molecular flexibility index (Phi) is 4.48. The van der Waals surface area contributed by atoms with Gasteiger partial charge in [-0.25, -0.2) is 13.1 Å². The van der Waals surface area contributed by atoms with E-state index in [1.807, 2.05) is 0 Å². The van der Waals surface area contributed by atoms with Gasteiger partial charge in [-0.2, -0.15) is 0 Å². The molecule has 0 saturated heterocycles. The molecule has 20 heavy (non-hydrogen) atoms. The molecule has 3 N–H and O–H groups in total. The minimum absolute atomic E-state index is 0.101. The monoisotopic (exact) mass is 311 g/mol. The van der Waals surface area contributed by atoms with Gasteiger partial charge in [0.2, 0.25) is 10.0 Å². The molecule has 0 aliphatic heterocycles. The largest absolute Gasteiger partial charge is 0.389 e. The van der Waals surface area contributed by atoms with Crippen molar-refractivity contribution in [2.75, 3.05) is 0 Å². The lowest BCUT2D eigenvalue weighted by Gasteiger charge is -2.06. The molecule has 0 unspecified atom stereocenters. The summed E-state index contributed by atoms with van der Waals surface area (Å²) >= 11 is 4.83. The summed E-state index contributed by atoms with van der Waals surface area (Å²) in [6, 6.07) is 8.36. The van der Waals surface area contributed by atoms with E-state index in [1.54, 1.807) is 30.3 Å². The first-order valence-corrected chi connectivity index (χ1v) is 7.78. The third-order valence-corrected chi connectivity index (χ3v) is 4.09. The number of nitrogens with one attached hydrogen (secondary N) is 1. The number of benzene rings is 1. The van der Waals surface area contributed by atoms with Crippen molar-refractivity contribution >= 4 is 27.2 Å². The van der Waals surface area contributed by atoms with Crippen LogP contribution < -0.4 is 10.5 Å². The second kappa shape index (κ2) is 6.12. The van der Waals surface area contributed by atoms with Crippen LogP contribution in [0.15, 0.2) is 41.1 Å². The first-order chi connectivity index (χ1) is 9.46. The summed E-state index contributed by atoms with van der Waals surface area (Å²) in [5.74, 6) is -0.123. The van der Waals surface area contributed by atoms with E-state index in [4.69, 9.17) is 18.0 Å². The van der Waals surface area contributed by atoms with E-state index in [0.29, 0.717) is 16.8 Å². The van der Waals surface area contributed by atoms with E-state index < -0.39 is 10.0 Å². The van der Waals surface area contributed by atoms with Crippen LogP contribution in [0.25, 0.3) is 0 Å². The SMILES string of the molecule is NC(=S)c1ccc(CS(=O)(=O)NCc2ccon2)cc1. The summed E-state index contributed by atoms with van der Waals surface area (Å²) in [6.07, 6.45) is 1.39. The Morgan fingerprint density at radius 2 is 2.00 bits per heavy atom. The maximum Gasteiger partial charge on any atom is 0.216 e. The van der Waals surface area contributed by atoms with Crippen molar-refractivity contribution < 1.29 is 12.9 Å². The van der Waals surface area contributed by atoms with Gasteiger partial charge in [0.15, 0.2) is 0 Å². The van der Waals surface area contributed by atoms with Gasteiger partial charge in [-0.05, 0) is 5.56 Å². The summed E-state index contributed by atoms with van der Waals surface area (Å²) < 4.78 is 30.9. The molecule has 0 bridgehead atoms. The second-order valence-electron chi connectivity index (χ2n) is 4.13. The highest BCUT2D eigenvalue weighted by Crippen LogP contribution is 2.08. The molecule has 106 valence electrons. The van der Waals surface area contributed by atoms with Crippen LogP contribution in [0.3, 0.4) is 0 Å². The number of sulfonamides is 1. The van der Waals surface area contributed by atoms with Gasteiger partial charge in [0.25, 0.3) is 0 Å². The minimum atomic E-state index is -3.44. The quantitative estimate of drug-likeness (QED) is 0.770. The molecule has 0 saturated carbocycles. The molecule has 1 aromatic carbocycles. The van der Waals surface area contributed by atoms with Gasteiger partial charge in [0.1, 0.15) is 11.3 Å². The lowest BCUT2D eigenvalue weighted by Crippen LogP contribution is -2.24. The molecule has 2 aromatic rings.